The van der Waals surface area contributed by atoms with Crippen LogP contribution in [0.15, 0.2) is 28.8 Å². The molecule has 0 saturated heterocycles. The van der Waals surface area contributed by atoms with Gasteiger partial charge in [-0.3, -0.25) is 9.67 Å². The second-order valence-electron chi connectivity index (χ2n) is 7.14. The maximum absolute atomic E-state index is 5.06. The monoisotopic (exact) mass is 374 g/mol. The van der Waals surface area contributed by atoms with Crippen molar-refractivity contribution in [1.82, 2.24) is 25.0 Å². The largest absolute Gasteiger partial charge is 0.357 e. The first-order valence-electron chi connectivity index (χ1n) is 9.51. The zero-order chi connectivity index (χ0) is 18.4. The van der Waals surface area contributed by atoms with Crippen LogP contribution < -0.4 is 5.32 Å². The van der Waals surface area contributed by atoms with Gasteiger partial charge in [0.25, 0.3) is 0 Å². The van der Waals surface area contributed by atoms with Crippen molar-refractivity contribution >= 4 is 17.3 Å². The second-order valence-corrected chi connectivity index (χ2v) is 8.09. The number of nitrogens with one attached hydrogen (secondary N) is 1. The lowest BCUT2D eigenvalue weighted by atomic mass is 9.73. The molecular formula is C19H30N6S. The lowest BCUT2D eigenvalue weighted by Gasteiger charge is -2.36. The van der Waals surface area contributed by atoms with Gasteiger partial charge in [-0.15, -0.1) is 11.3 Å². The third-order valence-electron chi connectivity index (χ3n) is 5.27. The highest BCUT2D eigenvalue weighted by molar-refractivity contribution is 7.10. The smallest absolute Gasteiger partial charge is 0.194 e. The molecule has 1 aliphatic carbocycles. The Morgan fingerprint density at radius 2 is 2.19 bits per heavy atom. The van der Waals surface area contributed by atoms with Gasteiger partial charge in [-0.1, -0.05) is 25.3 Å². The quantitative estimate of drug-likeness (QED) is 0.623. The van der Waals surface area contributed by atoms with Crippen molar-refractivity contribution in [1.29, 1.82) is 0 Å². The minimum atomic E-state index is 0.207. The average Bonchev–Trinajstić information content (AvgIpc) is 3.32. The Kier molecular flexibility index (Phi) is 6.29. The summed E-state index contributed by atoms with van der Waals surface area (Å²) >= 11 is 1.88. The summed E-state index contributed by atoms with van der Waals surface area (Å²) in [4.78, 5) is 13.0. The van der Waals surface area contributed by atoms with Crippen LogP contribution in [0.25, 0.3) is 0 Å². The molecule has 1 fully saturated rings. The highest BCUT2D eigenvalue weighted by Gasteiger charge is 2.34. The molecule has 2 aromatic heterocycles. The normalized spacial score (nSPS) is 17.3. The van der Waals surface area contributed by atoms with Gasteiger partial charge in [0.2, 0.25) is 0 Å². The number of hydrogen-bond donors (Lipinski definition) is 1. The van der Waals surface area contributed by atoms with Gasteiger partial charge >= 0.3 is 0 Å². The molecular weight excluding hydrogens is 344 g/mol. The van der Waals surface area contributed by atoms with Gasteiger partial charge in [0.05, 0.1) is 13.1 Å². The summed E-state index contributed by atoms with van der Waals surface area (Å²) in [6.07, 6.45) is 8.04. The number of rotatable bonds is 6. The van der Waals surface area contributed by atoms with Crippen LogP contribution in [0.1, 0.15) is 49.7 Å². The molecule has 2 aromatic rings. The van der Waals surface area contributed by atoms with Crippen molar-refractivity contribution in [3.05, 3.63) is 34.5 Å². The van der Waals surface area contributed by atoms with E-state index >= 15 is 0 Å². The van der Waals surface area contributed by atoms with Crippen molar-refractivity contribution < 1.29 is 0 Å². The zero-order valence-corrected chi connectivity index (χ0v) is 16.9. The molecule has 0 radical (unpaired) electrons. The first kappa shape index (κ1) is 18.9. The van der Waals surface area contributed by atoms with Gasteiger partial charge in [-0.05, 0) is 31.2 Å². The van der Waals surface area contributed by atoms with Crippen LogP contribution in [0.2, 0.25) is 0 Å². The Morgan fingerprint density at radius 1 is 1.38 bits per heavy atom. The maximum atomic E-state index is 5.06. The molecule has 2 heterocycles. The van der Waals surface area contributed by atoms with Crippen LogP contribution in [-0.2, 0) is 19.0 Å². The molecule has 7 heteroatoms. The van der Waals surface area contributed by atoms with E-state index < -0.39 is 0 Å². The van der Waals surface area contributed by atoms with Crippen LogP contribution >= 0.6 is 11.3 Å². The third kappa shape index (κ3) is 4.26. The molecule has 0 spiro atoms. The third-order valence-corrected chi connectivity index (χ3v) is 6.38. The van der Waals surface area contributed by atoms with Gasteiger partial charge in [0, 0.05) is 30.9 Å². The van der Waals surface area contributed by atoms with Gasteiger partial charge in [-0.25, -0.2) is 4.98 Å². The Morgan fingerprint density at radius 3 is 2.81 bits per heavy atom. The van der Waals surface area contributed by atoms with E-state index in [2.05, 4.69) is 51.8 Å². The van der Waals surface area contributed by atoms with E-state index in [4.69, 9.17) is 4.99 Å². The number of thiophene rings is 1. The Hall–Kier alpha value is -1.89. The topological polar surface area (TPSA) is 58.3 Å². The summed E-state index contributed by atoms with van der Waals surface area (Å²) < 4.78 is 1.81. The summed E-state index contributed by atoms with van der Waals surface area (Å²) in [6, 6.07) is 4.47. The van der Waals surface area contributed by atoms with Crippen LogP contribution in [0, 0.1) is 0 Å². The molecule has 6 nitrogen and oxygen atoms in total. The van der Waals surface area contributed by atoms with Crippen LogP contribution in [0.3, 0.4) is 0 Å². The fourth-order valence-electron chi connectivity index (χ4n) is 3.74. The molecule has 3 rings (SSSR count). The summed E-state index contributed by atoms with van der Waals surface area (Å²) in [6.45, 7) is 4.50. The minimum Gasteiger partial charge on any atom is -0.357 e. The first-order chi connectivity index (χ1) is 12.6. The van der Waals surface area contributed by atoms with Gasteiger partial charge in [0.15, 0.2) is 5.96 Å². The molecule has 0 aliphatic heterocycles. The number of aliphatic imine (C=N–C) groups is 1. The molecule has 1 N–H and O–H groups in total. The van der Waals surface area contributed by atoms with Crippen molar-refractivity contribution in [2.45, 2.75) is 51.0 Å². The van der Waals surface area contributed by atoms with E-state index in [1.807, 2.05) is 23.1 Å². The predicted molar refractivity (Wildman–Crippen MR) is 108 cm³/mol. The number of guanidine groups is 1. The zero-order valence-electron chi connectivity index (χ0n) is 16.1. The molecule has 0 bridgehead atoms. The van der Waals surface area contributed by atoms with Crippen molar-refractivity contribution in [2.75, 3.05) is 20.1 Å². The van der Waals surface area contributed by atoms with E-state index in [1.54, 1.807) is 6.33 Å². The highest BCUT2D eigenvalue weighted by Crippen LogP contribution is 2.41. The molecule has 0 atom stereocenters. The summed E-state index contributed by atoms with van der Waals surface area (Å²) in [5, 5.41) is 9.79. The molecule has 142 valence electrons. The van der Waals surface area contributed by atoms with Crippen molar-refractivity contribution in [3.63, 3.8) is 0 Å². The minimum absolute atomic E-state index is 0.207. The Bertz CT molecular complexity index is 699. The number of aromatic nitrogens is 3. The summed E-state index contributed by atoms with van der Waals surface area (Å²) in [5.74, 6) is 1.88. The lowest BCUT2D eigenvalue weighted by molar-refractivity contribution is 0.304. The Balaban J connectivity index is 1.77. The predicted octanol–water partition coefficient (Wildman–Crippen LogP) is 3.18. The number of hydrogen-bond acceptors (Lipinski definition) is 4. The van der Waals surface area contributed by atoms with Gasteiger partial charge in [0.1, 0.15) is 12.2 Å². The van der Waals surface area contributed by atoms with Crippen LogP contribution in [0.5, 0.6) is 0 Å². The fraction of sp³-hybridized carbons (Fsp3) is 0.632. The van der Waals surface area contributed by atoms with Gasteiger partial charge < -0.3 is 10.2 Å². The average molecular weight is 375 g/mol. The molecule has 26 heavy (non-hydrogen) atoms. The van der Waals surface area contributed by atoms with Crippen molar-refractivity contribution in [3.8, 4) is 0 Å². The lowest BCUT2D eigenvalue weighted by Crippen LogP contribution is -2.41. The van der Waals surface area contributed by atoms with Crippen LogP contribution in [0.4, 0.5) is 0 Å². The second kappa shape index (κ2) is 8.66. The van der Waals surface area contributed by atoms with E-state index in [9.17, 15) is 0 Å². The summed E-state index contributed by atoms with van der Waals surface area (Å²) in [7, 11) is 3.99. The molecule has 1 saturated carbocycles. The standard InChI is InChI=1S/C19H30N6S/c1-4-20-18(24(2)13-17-22-15-23-25(17)3)21-14-19(10-6-5-7-11-19)16-9-8-12-26-16/h8-9,12,15H,4-7,10-11,13-14H2,1-3H3,(H,20,21). The summed E-state index contributed by atoms with van der Waals surface area (Å²) in [5.41, 5.74) is 0.207. The van der Waals surface area contributed by atoms with Crippen LogP contribution in [-0.4, -0.2) is 45.8 Å². The fourth-order valence-corrected chi connectivity index (χ4v) is 4.72. The van der Waals surface area contributed by atoms with E-state index in [0.29, 0.717) is 6.54 Å². The van der Waals surface area contributed by atoms with Crippen molar-refractivity contribution in [2.24, 2.45) is 12.0 Å². The van der Waals surface area contributed by atoms with E-state index in [0.717, 1.165) is 24.9 Å². The van der Waals surface area contributed by atoms with E-state index in [1.165, 1.54) is 37.0 Å². The molecule has 0 amide bonds. The first-order valence-corrected chi connectivity index (χ1v) is 10.4. The Labute approximate surface area is 160 Å². The van der Waals surface area contributed by atoms with E-state index in [-0.39, 0.29) is 5.41 Å². The highest BCUT2D eigenvalue weighted by atomic mass is 32.1. The van der Waals surface area contributed by atoms with Gasteiger partial charge in [-0.2, -0.15) is 5.10 Å². The molecule has 1 aliphatic rings. The SMILES string of the molecule is CCNC(=NCC1(c2cccs2)CCCCC1)N(C)Cc1ncnn1C. The number of aryl methyl sites for hydroxylation is 1. The molecule has 0 aromatic carbocycles. The number of nitrogens with zero attached hydrogens (tertiary/aromatic N) is 5. The maximum Gasteiger partial charge on any atom is 0.194 e. The molecule has 0 unspecified atom stereocenters.